The third-order valence-corrected chi connectivity index (χ3v) is 12.6. The number of esters is 1. The molecule has 8 heteroatoms. The fourth-order valence-corrected chi connectivity index (χ4v) is 5.83. The van der Waals surface area contributed by atoms with E-state index in [2.05, 4.69) is 69.0 Å². The highest BCUT2D eigenvalue weighted by atomic mass is 28.4. The monoisotopic (exact) mass is 573 g/mol. The Morgan fingerprint density at radius 1 is 0.878 bits per heavy atom. The summed E-state index contributed by atoms with van der Waals surface area (Å²) in [7, 11) is -1.80. The number of hydrogen-bond donors (Lipinski definition) is 2. The summed E-state index contributed by atoms with van der Waals surface area (Å²) in [5.74, 6) is -0.473. The van der Waals surface area contributed by atoms with Crippen LogP contribution in [0.4, 0.5) is 4.79 Å². The molecule has 0 aromatic heterocycles. The number of hydrazine groups is 1. The minimum absolute atomic E-state index is 0.0297. The van der Waals surface area contributed by atoms with Crippen molar-refractivity contribution < 1.29 is 18.8 Å². The Kier molecular flexibility index (Phi) is 10.0. The van der Waals surface area contributed by atoms with E-state index >= 15 is 0 Å². The first-order chi connectivity index (χ1) is 19.6. The molecule has 1 aliphatic rings. The normalized spacial score (nSPS) is 12.9. The zero-order chi connectivity index (χ0) is 29.5. The molecule has 4 rings (SSSR count). The molecule has 0 atom stereocenters. The second-order valence-electron chi connectivity index (χ2n) is 12.1. The average Bonchev–Trinajstić information content (AvgIpc) is 3.27. The first-order valence-corrected chi connectivity index (χ1v) is 17.3. The average molecular weight is 574 g/mol. The van der Waals surface area contributed by atoms with Gasteiger partial charge in [0, 0.05) is 25.6 Å². The summed E-state index contributed by atoms with van der Waals surface area (Å²) >= 11 is 0. The van der Waals surface area contributed by atoms with Gasteiger partial charge < -0.3 is 14.1 Å². The largest absolute Gasteiger partial charge is 0.463 e. The standard InChI is InChI=1S/C33H43N3O4Si/c1-33(2,3)41(4,5)40-21-13-20-34-35-32(38)36(22-25-14-7-6-8-15-25)23-31(37)39-24-30-28-18-11-9-16-26(28)27-17-10-12-19-29(27)30/h6-12,14-19,30,34H,13,20-24H2,1-5H3,(H,35,38). The molecule has 0 heterocycles. The minimum atomic E-state index is -1.80. The minimum Gasteiger partial charge on any atom is -0.463 e. The molecular weight excluding hydrogens is 530 g/mol. The van der Waals surface area contributed by atoms with Crippen molar-refractivity contribution in [2.75, 3.05) is 26.3 Å². The lowest BCUT2D eigenvalue weighted by Gasteiger charge is -2.36. The Bertz CT molecular complexity index is 1280. The maximum atomic E-state index is 13.1. The van der Waals surface area contributed by atoms with Crippen molar-refractivity contribution in [3.63, 3.8) is 0 Å². The van der Waals surface area contributed by atoms with Gasteiger partial charge >= 0.3 is 12.0 Å². The Morgan fingerprint density at radius 3 is 2.07 bits per heavy atom. The molecule has 0 unspecified atom stereocenters. The Labute approximate surface area is 245 Å². The van der Waals surface area contributed by atoms with Crippen molar-refractivity contribution in [2.24, 2.45) is 0 Å². The molecule has 1 aliphatic carbocycles. The lowest BCUT2D eigenvalue weighted by Crippen LogP contribution is -2.48. The van der Waals surface area contributed by atoms with Crippen molar-refractivity contribution in [3.8, 4) is 11.1 Å². The van der Waals surface area contributed by atoms with Gasteiger partial charge in [0.05, 0.1) is 0 Å². The third kappa shape index (κ3) is 7.84. The van der Waals surface area contributed by atoms with E-state index in [1.54, 1.807) is 0 Å². The number of rotatable bonds is 12. The molecule has 2 N–H and O–H groups in total. The van der Waals surface area contributed by atoms with Gasteiger partial charge in [0.15, 0.2) is 8.32 Å². The molecule has 0 saturated carbocycles. The Morgan fingerprint density at radius 2 is 1.46 bits per heavy atom. The molecule has 0 bridgehead atoms. The number of carbonyl (C=O) groups is 2. The second-order valence-corrected chi connectivity index (χ2v) is 16.9. The molecular formula is C33H43N3O4Si. The van der Waals surface area contributed by atoms with Crippen molar-refractivity contribution >= 4 is 20.3 Å². The van der Waals surface area contributed by atoms with Crippen molar-refractivity contribution in [2.45, 2.75) is 57.8 Å². The van der Waals surface area contributed by atoms with Crippen LogP contribution >= 0.6 is 0 Å². The molecule has 0 aliphatic heterocycles. The maximum absolute atomic E-state index is 13.1. The smallest absolute Gasteiger partial charge is 0.332 e. The van der Waals surface area contributed by atoms with Crippen LogP contribution in [0, 0.1) is 0 Å². The highest BCUT2D eigenvalue weighted by Gasteiger charge is 2.36. The van der Waals surface area contributed by atoms with Crippen LogP contribution in [0.15, 0.2) is 78.9 Å². The summed E-state index contributed by atoms with van der Waals surface area (Å²) in [5, 5.41) is 0.158. The number of benzene rings is 3. The van der Waals surface area contributed by atoms with Crippen LogP contribution in [0.3, 0.4) is 0 Å². The Balaban J connectivity index is 1.31. The van der Waals surface area contributed by atoms with Crippen LogP contribution in [0.5, 0.6) is 0 Å². The molecule has 2 amide bonds. The first-order valence-electron chi connectivity index (χ1n) is 14.4. The fourth-order valence-electron chi connectivity index (χ4n) is 4.74. The van der Waals surface area contributed by atoms with E-state index in [1.807, 2.05) is 54.6 Å². The number of fused-ring (bicyclic) bond motifs is 3. The van der Waals surface area contributed by atoms with Gasteiger partial charge in [0.1, 0.15) is 13.2 Å². The highest BCUT2D eigenvalue weighted by Crippen LogP contribution is 2.44. The van der Waals surface area contributed by atoms with Crippen molar-refractivity contribution in [1.82, 2.24) is 15.8 Å². The predicted octanol–water partition coefficient (Wildman–Crippen LogP) is 6.47. The number of urea groups is 1. The van der Waals surface area contributed by atoms with E-state index in [9.17, 15) is 9.59 Å². The summed E-state index contributed by atoms with van der Waals surface area (Å²) < 4.78 is 12.0. The number of ether oxygens (including phenoxy) is 1. The summed E-state index contributed by atoms with van der Waals surface area (Å²) in [6.45, 7) is 12.7. The maximum Gasteiger partial charge on any atom is 0.332 e. The number of nitrogens with zero attached hydrogens (tertiary/aromatic N) is 1. The van der Waals surface area contributed by atoms with Crippen LogP contribution in [0.25, 0.3) is 11.1 Å². The number of nitrogens with one attached hydrogen (secondary N) is 2. The number of carbonyl (C=O) groups excluding carboxylic acids is 2. The molecule has 0 radical (unpaired) electrons. The van der Waals surface area contributed by atoms with Gasteiger partial charge in [-0.3, -0.25) is 10.2 Å². The van der Waals surface area contributed by atoms with E-state index in [4.69, 9.17) is 9.16 Å². The summed E-state index contributed by atoms with van der Waals surface area (Å²) in [6.07, 6.45) is 0.762. The predicted molar refractivity (Wildman–Crippen MR) is 166 cm³/mol. The quantitative estimate of drug-likeness (QED) is 0.112. The van der Waals surface area contributed by atoms with Crippen LogP contribution in [0.1, 0.15) is 49.8 Å². The van der Waals surface area contributed by atoms with E-state index in [0.717, 1.165) is 23.1 Å². The van der Waals surface area contributed by atoms with Crippen LogP contribution in [-0.2, 0) is 20.5 Å². The number of hydrogen-bond acceptors (Lipinski definition) is 5. The van der Waals surface area contributed by atoms with Gasteiger partial charge in [0.25, 0.3) is 0 Å². The van der Waals surface area contributed by atoms with Gasteiger partial charge in [-0.2, -0.15) is 0 Å². The van der Waals surface area contributed by atoms with Gasteiger partial charge in [-0.1, -0.05) is 99.6 Å². The number of amides is 2. The molecule has 0 saturated heterocycles. The SMILES string of the molecule is CC(C)(C)[Si](C)(C)OCCCNNC(=O)N(CC(=O)OCC1c2ccccc2-c2ccccc21)Cc1ccccc1. The zero-order valence-electron chi connectivity index (χ0n) is 24.9. The first kappa shape index (κ1) is 30.5. The molecule has 3 aromatic rings. The summed E-state index contributed by atoms with van der Waals surface area (Å²) in [6, 6.07) is 25.7. The Hall–Kier alpha value is -3.46. The summed E-state index contributed by atoms with van der Waals surface area (Å²) in [4.78, 5) is 27.6. The molecule has 41 heavy (non-hydrogen) atoms. The second kappa shape index (κ2) is 13.5. The van der Waals surface area contributed by atoms with E-state index in [-0.39, 0.29) is 36.7 Å². The molecule has 7 nitrogen and oxygen atoms in total. The molecule has 3 aromatic carbocycles. The van der Waals surface area contributed by atoms with Crippen LogP contribution < -0.4 is 10.9 Å². The highest BCUT2D eigenvalue weighted by molar-refractivity contribution is 6.74. The van der Waals surface area contributed by atoms with E-state index in [0.29, 0.717) is 13.2 Å². The van der Waals surface area contributed by atoms with E-state index in [1.165, 1.54) is 16.0 Å². The topological polar surface area (TPSA) is 79.9 Å². The molecule has 0 fully saturated rings. The van der Waals surface area contributed by atoms with Gasteiger partial charge in [-0.15, -0.1) is 0 Å². The fraction of sp³-hybridized carbons (Fsp3) is 0.394. The lowest BCUT2D eigenvalue weighted by atomic mass is 9.98. The summed E-state index contributed by atoms with van der Waals surface area (Å²) in [5.41, 5.74) is 11.3. The van der Waals surface area contributed by atoms with Crippen molar-refractivity contribution in [3.05, 3.63) is 95.6 Å². The van der Waals surface area contributed by atoms with Gasteiger partial charge in [-0.05, 0) is 52.4 Å². The van der Waals surface area contributed by atoms with Crippen LogP contribution in [-0.4, -0.2) is 51.5 Å². The molecule has 0 spiro atoms. The lowest BCUT2D eigenvalue weighted by molar-refractivity contribution is -0.144. The van der Waals surface area contributed by atoms with Crippen LogP contribution in [0.2, 0.25) is 18.1 Å². The van der Waals surface area contributed by atoms with E-state index < -0.39 is 14.3 Å². The molecule has 218 valence electrons. The van der Waals surface area contributed by atoms with Crippen molar-refractivity contribution in [1.29, 1.82) is 0 Å². The van der Waals surface area contributed by atoms with Gasteiger partial charge in [-0.25, -0.2) is 10.2 Å². The van der Waals surface area contributed by atoms with Gasteiger partial charge in [0.2, 0.25) is 0 Å². The zero-order valence-corrected chi connectivity index (χ0v) is 25.9. The third-order valence-electron chi connectivity index (χ3n) is 8.11.